The third-order valence-electron chi connectivity index (χ3n) is 3.56. The molecular weight excluding hydrogens is 238 g/mol. The Balaban J connectivity index is 1.86. The molecule has 1 aromatic rings. The molecule has 0 aromatic carbocycles. The van der Waals surface area contributed by atoms with Gasteiger partial charge in [-0.05, 0) is 37.3 Å². The first-order chi connectivity index (χ1) is 9.29. The summed E-state index contributed by atoms with van der Waals surface area (Å²) in [5.41, 5.74) is 0.499. The molecule has 0 bridgehead atoms. The van der Waals surface area contributed by atoms with Crippen molar-refractivity contribution in [3.05, 3.63) is 23.9 Å². The number of rotatable bonds is 6. The summed E-state index contributed by atoms with van der Waals surface area (Å²) in [4.78, 5) is 16.4. The van der Waals surface area contributed by atoms with Crippen molar-refractivity contribution in [2.45, 2.75) is 39.0 Å². The summed E-state index contributed by atoms with van der Waals surface area (Å²) in [6.07, 6.45) is 6.13. The van der Waals surface area contributed by atoms with Gasteiger partial charge in [-0.25, -0.2) is 4.98 Å². The lowest BCUT2D eigenvalue weighted by Gasteiger charge is -2.11. The van der Waals surface area contributed by atoms with Gasteiger partial charge >= 0.3 is 0 Å². The van der Waals surface area contributed by atoms with Gasteiger partial charge in [0.2, 0.25) is 0 Å². The van der Waals surface area contributed by atoms with E-state index in [2.05, 4.69) is 22.5 Å². The average molecular weight is 261 g/mol. The molecule has 2 N–H and O–H groups in total. The van der Waals surface area contributed by atoms with Gasteiger partial charge < -0.3 is 10.6 Å². The van der Waals surface area contributed by atoms with Crippen molar-refractivity contribution in [2.24, 2.45) is 5.92 Å². The molecule has 1 amide bonds. The van der Waals surface area contributed by atoms with Gasteiger partial charge in [-0.2, -0.15) is 0 Å². The van der Waals surface area contributed by atoms with Crippen LogP contribution in [-0.2, 0) is 0 Å². The number of carbonyl (C=O) groups is 1. The van der Waals surface area contributed by atoms with Gasteiger partial charge in [-0.15, -0.1) is 0 Å². The lowest BCUT2D eigenvalue weighted by molar-refractivity contribution is 0.0942. The number of hydrogen-bond donors (Lipinski definition) is 2. The van der Waals surface area contributed by atoms with Crippen molar-refractivity contribution < 1.29 is 4.79 Å². The number of hydrogen-bond acceptors (Lipinski definition) is 3. The topological polar surface area (TPSA) is 54.0 Å². The Kier molecular flexibility index (Phi) is 5.19. The number of anilines is 1. The molecule has 1 aliphatic carbocycles. The number of nitrogens with one attached hydrogen (secondary N) is 2. The largest absolute Gasteiger partial charge is 0.370 e. The normalized spacial score (nSPS) is 15.4. The Morgan fingerprint density at radius 1 is 1.37 bits per heavy atom. The molecule has 4 nitrogen and oxygen atoms in total. The second-order valence-electron chi connectivity index (χ2n) is 5.20. The quantitative estimate of drug-likeness (QED) is 0.828. The third kappa shape index (κ3) is 4.23. The van der Waals surface area contributed by atoms with Gasteiger partial charge in [0.25, 0.3) is 5.91 Å². The minimum absolute atomic E-state index is 0.0629. The number of amides is 1. The molecule has 0 spiro atoms. The Morgan fingerprint density at radius 3 is 2.89 bits per heavy atom. The first-order valence-electron chi connectivity index (χ1n) is 7.28. The Hall–Kier alpha value is -1.58. The zero-order valence-corrected chi connectivity index (χ0v) is 11.6. The fourth-order valence-electron chi connectivity index (χ4n) is 2.45. The van der Waals surface area contributed by atoms with Gasteiger partial charge in [0.15, 0.2) is 0 Å². The van der Waals surface area contributed by atoms with Crippen molar-refractivity contribution >= 4 is 11.7 Å². The van der Waals surface area contributed by atoms with Crippen LogP contribution in [-0.4, -0.2) is 24.0 Å². The van der Waals surface area contributed by atoms with Crippen molar-refractivity contribution in [2.75, 3.05) is 18.4 Å². The van der Waals surface area contributed by atoms with Crippen LogP contribution in [0.25, 0.3) is 0 Å². The van der Waals surface area contributed by atoms with E-state index in [1.165, 1.54) is 25.7 Å². The molecule has 0 unspecified atom stereocenters. The predicted octanol–water partition coefficient (Wildman–Crippen LogP) is 2.82. The molecule has 1 saturated carbocycles. The van der Waals surface area contributed by atoms with Crippen LogP contribution in [0, 0.1) is 5.92 Å². The summed E-state index contributed by atoms with van der Waals surface area (Å²) >= 11 is 0. The van der Waals surface area contributed by atoms with Gasteiger partial charge in [-0.1, -0.05) is 25.8 Å². The molecule has 1 aromatic heterocycles. The minimum Gasteiger partial charge on any atom is -0.370 e. The monoisotopic (exact) mass is 261 g/mol. The Morgan fingerprint density at radius 2 is 2.16 bits per heavy atom. The van der Waals surface area contributed by atoms with E-state index in [4.69, 9.17) is 0 Å². The number of pyridine rings is 1. The highest BCUT2D eigenvalue weighted by Crippen LogP contribution is 2.23. The van der Waals surface area contributed by atoms with Crippen LogP contribution >= 0.6 is 0 Å². The minimum atomic E-state index is -0.0629. The summed E-state index contributed by atoms with van der Waals surface area (Å²) in [5.74, 6) is 1.37. The zero-order chi connectivity index (χ0) is 13.5. The number of carbonyl (C=O) groups excluding carboxylic acids is 1. The second kappa shape index (κ2) is 7.12. The molecule has 1 fully saturated rings. The van der Waals surface area contributed by atoms with E-state index < -0.39 is 0 Å². The Labute approximate surface area is 115 Å². The standard InChI is InChI=1S/C15H23N3O/c1-2-10-16-14-9-5-8-13(18-14)15(19)17-11-12-6-3-4-7-12/h5,8-9,12H,2-4,6-7,10-11H2,1H3,(H,16,18)(H,17,19). The Bertz CT molecular complexity index is 414. The highest BCUT2D eigenvalue weighted by atomic mass is 16.1. The summed E-state index contributed by atoms with van der Waals surface area (Å²) in [5, 5.41) is 6.19. The van der Waals surface area contributed by atoms with Crippen LogP contribution in [0.3, 0.4) is 0 Å². The van der Waals surface area contributed by atoms with Crippen molar-refractivity contribution in [1.29, 1.82) is 0 Å². The van der Waals surface area contributed by atoms with Gasteiger partial charge in [-0.3, -0.25) is 4.79 Å². The molecule has 0 aliphatic heterocycles. The molecular formula is C15H23N3O. The van der Waals surface area contributed by atoms with Crippen LogP contribution in [0.5, 0.6) is 0 Å². The third-order valence-corrected chi connectivity index (χ3v) is 3.56. The lowest BCUT2D eigenvalue weighted by Crippen LogP contribution is -2.29. The zero-order valence-electron chi connectivity index (χ0n) is 11.6. The SMILES string of the molecule is CCCNc1cccc(C(=O)NCC2CCCC2)n1. The average Bonchev–Trinajstić information content (AvgIpc) is 2.96. The van der Waals surface area contributed by atoms with Crippen LogP contribution in [0.2, 0.25) is 0 Å². The molecule has 0 saturated heterocycles. The van der Waals surface area contributed by atoms with Gasteiger partial charge in [0.05, 0.1) is 0 Å². The molecule has 4 heteroatoms. The number of aromatic nitrogens is 1. The molecule has 1 heterocycles. The first kappa shape index (κ1) is 13.8. The van der Waals surface area contributed by atoms with E-state index >= 15 is 0 Å². The van der Waals surface area contributed by atoms with Crippen LogP contribution in [0.15, 0.2) is 18.2 Å². The molecule has 2 rings (SSSR count). The van der Waals surface area contributed by atoms with Crippen LogP contribution < -0.4 is 10.6 Å². The van der Waals surface area contributed by atoms with Gasteiger partial charge in [0, 0.05) is 13.1 Å². The maximum atomic E-state index is 12.0. The van der Waals surface area contributed by atoms with Crippen molar-refractivity contribution in [1.82, 2.24) is 10.3 Å². The predicted molar refractivity (Wildman–Crippen MR) is 77.3 cm³/mol. The van der Waals surface area contributed by atoms with E-state index in [9.17, 15) is 4.79 Å². The highest BCUT2D eigenvalue weighted by Gasteiger charge is 2.16. The smallest absolute Gasteiger partial charge is 0.269 e. The number of nitrogens with zero attached hydrogens (tertiary/aromatic N) is 1. The molecule has 19 heavy (non-hydrogen) atoms. The van der Waals surface area contributed by atoms with E-state index in [-0.39, 0.29) is 5.91 Å². The summed E-state index contributed by atoms with van der Waals surface area (Å²) in [6, 6.07) is 5.53. The second-order valence-corrected chi connectivity index (χ2v) is 5.20. The summed E-state index contributed by atoms with van der Waals surface area (Å²) < 4.78 is 0. The van der Waals surface area contributed by atoms with Crippen molar-refractivity contribution in [3.63, 3.8) is 0 Å². The summed E-state index contributed by atoms with van der Waals surface area (Å²) in [6.45, 7) is 3.76. The molecule has 0 atom stereocenters. The fraction of sp³-hybridized carbons (Fsp3) is 0.600. The van der Waals surface area contributed by atoms with Gasteiger partial charge in [0.1, 0.15) is 11.5 Å². The molecule has 104 valence electrons. The molecule has 1 aliphatic rings. The van der Waals surface area contributed by atoms with E-state index in [0.717, 1.165) is 25.3 Å². The maximum absolute atomic E-state index is 12.0. The summed E-state index contributed by atoms with van der Waals surface area (Å²) in [7, 11) is 0. The maximum Gasteiger partial charge on any atom is 0.269 e. The van der Waals surface area contributed by atoms with E-state index in [1.807, 2.05) is 12.1 Å². The molecule has 0 radical (unpaired) electrons. The van der Waals surface area contributed by atoms with Crippen molar-refractivity contribution in [3.8, 4) is 0 Å². The lowest BCUT2D eigenvalue weighted by atomic mass is 10.1. The van der Waals surface area contributed by atoms with Crippen LogP contribution in [0.4, 0.5) is 5.82 Å². The highest BCUT2D eigenvalue weighted by molar-refractivity contribution is 5.92. The van der Waals surface area contributed by atoms with E-state index in [0.29, 0.717) is 11.6 Å². The fourth-order valence-corrected chi connectivity index (χ4v) is 2.45. The first-order valence-corrected chi connectivity index (χ1v) is 7.28. The van der Waals surface area contributed by atoms with E-state index in [1.54, 1.807) is 6.07 Å². The van der Waals surface area contributed by atoms with Crippen LogP contribution in [0.1, 0.15) is 49.5 Å².